The standard InChI is InChI=1S/C20H19N3O3S/c1-26-16-6-4-15(5-7-16)18-9-11-20(25)23(22-18)13-12-21-19(24)10-8-17-3-2-14-27-17/h2-11,14H,12-13H2,1H3,(H,21,24)/b10-8+. The van der Waals surface area contributed by atoms with Crippen LogP contribution in [0.1, 0.15) is 4.88 Å². The maximum Gasteiger partial charge on any atom is 0.266 e. The summed E-state index contributed by atoms with van der Waals surface area (Å²) in [5.41, 5.74) is 1.35. The van der Waals surface area contributed by atoms with Crippen LogP contribution in [0.5, 0.6) is 5.75 Å². The van der Waals surface area contributed by atoms with E-state index in [1.54, 1.807) is 30.6 Å². The molecule has 27 heavy (non-hydrogen) atoms. The van der Waals surface area contributed by atoms with Gasteiger partial charge in [-0.1, -0.05) is 6.07 Å². The Hall–Kier alpha value is -3.19. The summed E-state index contributed by atoms with van der Waals surface area (Å²) in [4.78, 5) is 24.9. The minimum absolute atomic E-state index is 0.206. The van der Waals surface area contributed by atoms with Gasteiger partial charge < -0.3 is 10.1 Å². The van der Waals surface area contributed by atoms with Crippen molar-refractivity contribution in [1.29, 1.82) is 0 Å². The Kier molecular flexibility index (Phi) is 6.17. The van der Waals surface area contributed by atoms with Gasteiger partial charge in [0.1, 0.15) is 5.75 Å². The molecule has 0 unspecified atom stereocenters. The van der Waals surface area contributed by atoms with E-state index < -0.39 is 0 Å². The highest BCUT2D eigenvalue weighted by atomic mass is 32.1. The monoisotopic (exact) mass is 381 g/mol. The van der Waals surface area contributed by atoms with Crippen LogP contribution in [0.4, 0.5) is 0 Å². The summed E-state index contributed by atoms with van der Waals surface area (Å²) in [6.45, 7) is 0.605. The number of hydrogen-bond donors (Lipinski definition) is 1. The second-order valence-corrected chi connectivity index (χ2v) is 6.63. The molecule has 0 saturated heterocycles. The van der Waals surface area contributed by atoms with Crippen LogP contribution < -0.4 is 15.6 Å². The minimum Gasteiger partial charge on any atom is -0.497 e. The molecule has 0 aliphatic rings. The van der Waals surface area contributed by atoms with Crippen molar-refractivity contribution in [3.63, 3.8) is 0 Å². The fraction of sp³-hybridized carbons (Fsp3) is 0.150. The molecule has 2 aromatic heterocycles. The first-order valence-corrected chi connectivity index (χ1v) is 9.26. The Labute approximate surface area is 160 Å². The average Bonchev–Trinajstić information content (AvgIpc) is 3.21. The summed E-state index contributed by atoms with van der Waals surface area (Å²) < 4.78 is 6.50. The lowest BCUT2D eigenvalue weighted by Crippen LogP contribution is -2.31. The molecule has 3 rings (SSSR count). The van der Waals surface area contributed by atoms with Gasteiger partial charge in [-0.2, -0.15) is 5.10 Å². The van der Waals surface area contributed by atoms with Crippen LogP contribution in [0, 0.1) is 0 Å². The van der Waals surface area contributed by atoms with Gasteiger partial charge >= 0.3 is 0 Å². The third kappa shape index (κ3) is 5.15. The number of aromatic nitrogens is 2. The summed E-state index contributed by atoms with van der Waals surface area (Å²) in [5.74, 6) is 0.549. The fourth-order valence-electron chi connectivity index (χ4n) is 2.41. The number of hydrogen-bond acceptors (Lipinski definition) is 5. The largest absolute Gasteiger partial charge is 0.497 e. The Morgan fingerprint density at radius 1 is 1.22 bits per heavy atom. The van der Waals surface area contributed by atoms with E-state index in [0.717, 1.165) is 16.2 Å². The number of thiophene rings is 1. The molecule has 1 N–H and O–H groups in total. The Morgan fingerprint density at radius 2 is 2.04 bits per heavy atom. The number of benzene rings is 1. The van der Waals surface area contributed by atoms with Crippen molar-refractivity contribution in [2.75, 3.05) is 13.7 Å². The number of carbonyl (C=O) groups excluding carboxylic acids is 1. The second kappa shape index (κ2) is 8.95. The average molecular weight is 381 g/mol. The van der Waals surface area contributed by atoms with Gasteiger partial charge in [0, 0.05) is 29.1 Å². The third-order valence-corrected chi connectivity index (χ3v) is 4.65. The molecule has 0 fully saturated rings. The molecule has 0 saturated carbocycles. The van der Waals surface area contributed by atoms with E-state index in [2.05, 4.69) is 10.4 Å². The number of carbonyl (C=O) groups is 1. The smallest absolute Gasteiger partial charge is 0.266 e. The Balaban J connectivity index is 1.61. The summed E-state index contributed by atoms with van der Waals surface area (Å²) in [5, 5.41) is 9.08. The predicted molar refractivity (Wildman–Crippen MR) is 107 cm³/mol. The van der Waals surface area contributed by atoms with Crippen molar-refractivity contribution < 1.29 is 9.53 Å². The fourth-order valence-corrected chi connectivity index (χ4v) is 3.03. The number of methoxy groups -OCH3 is 1. The van der Waals surface area contributed by atoms with Gasteiger partial charge in [-0.3, -0.25) is 9.59 Å². The van der Waals surface area contributed by atoms with Crippen molar-refractivity contribution in [2.24, 2.45) is 0 Å². The van der Waals surface area contributed by atoms with Gasteiger partial charge in [-0.25, -0.2) is 4.68 Å². The summed E-state index contributed by atoms with van der Waals surface area (Å²) in [6, 6.07) is 14.5. The highest BCUT2D eigenvalue weighted by Gasteiger charge is 2.04. The molecule has 7 heteroatoms. The van der Waals surface area contributed by atoms with Gasteiger partial charge in [0.05, 0.1) is 19.3 Å². The minimum atomic E-state index is -0.212. The molecule has 2 heterocycles. The van der Waals surface area contributed by atoms with Crippen molar-refractivity contribution >= 4 is 23.3 Å². The molecule has 3 aromatic rings. The molecule has 1 amide bonds. The number of nitrogens with one attached hydrogen (secondary N) is 1. The first-order valence-electron chi connectivity index (χ1n) is 8.38. The molecular formula is C20H19N3O3S. The zero-order valence-electron chi connectivity index (χ0n) is 14.8. The topological polar surface area (TPSA) is 73.2 Å². The normalized spacial score (nSPS) is 10.9. The van der Waals surface area contributed by atoms with Crippen molar-refractivity contribution in [3.05, 3.63) is 75.2 Å². The molecule has 6 nitrogen and oxygen atoms in total. The number of amides is 1. The van der Waals surface area contributed by atoms with E-state index in [0.29, 0.717) is 18.8 Å². The van der Waals surface area contributed by atoms with Crippen LogP contribution in [0.3, 0.4) is 0 Å². The number of nitrogens with zero attached hydrogens (tertiary/aromatic N) is 2. The predicted octanol–water partition coefficient (Wildman–Crippen LogP) is 2.81. The molecule has 138 valence electrons. The van der Waals surface area contributed by atoms with E-state index in [1.165, 1.54) is 16.8 Å². The van der Waals surface area contributed by atoms with Crippen LogP contribution in [0.15, 0.2) is 64.8 Å². The summed E-state index contributed by atoms with van der Waals surface area (Å²) in [6.07, 6.45) is 3.24. The SMILES string of the molecule is COc1ccc(-c2ccc(=O)n(CCNC(=O)/C=C/c3cccs3)n2)cc1. The third-order valence-electron chi connectivity index (χ3n) is 3.82. The first-order chi connectivity index (χ1) is 13.2. The lowest BCUT2D eigenvalue weighted by molar-refractivity contribution is -0.116. The summed E-state index contributed by atoms with van der Waals surface area (Å²) >= 11 is 1.56. The van der Waals surface area contributed by atoms with Crippen LogP contribution in [0.25, 0.3) is 17.3 Å². The van der Waals surface area contributed by atoms with Crippen molar-refractivity contribution in [1.82, 2.24) is 15.1 Å². The maximum absolute atomic E-state index is 12.0. The van der Waals surface area contributed by atoms with Gasteiger partial charge in [-0.05, 0) is 47.9 Å². The van der Waals surface area contributed by atoms with E-state index >= 15 is 0 Å². The van der Waals surface area contributed by atoms with E-state index in [4.69, 9.17) is 4.74 Å². The zero-order chi connectivity index (χ0) is 19.1. The molecule has 1 aromatic carbocycles. The lowest BCUT2D eigenvalue weighted by Gasteiger charge is -2.08. The highest BCUT2D eigenvalue weighted by molar-refractivity contribution is 7.10. The molecule has 0 aliphatic carbocycles. The van der Waals surface area contributed by atoms with Crippen LogP contribution >= 0.6 is 11.3 Å². The maximum atomic E-state index is 12.0. The van der Waals surface area contributed by atoms with Gasteiger partial charge in [0.25, 0.3) is 5.56 Å². The quantitative estimate of drug-likeness (QED) is 0.639. The van der Waals surface area contributed by atoms with Gasteiger partial charge in [0.15, 0.2) is 0 Å². The lowest BCUT2D eigenvalue weighted by atomic mass is 10.1. The van der Waals surface area contributed by atoms with Crippen LogP contribution in [-0.4, -0.2) is 29.3 Å². The molecule has 0 bridgehead atoms. The van der Waals surface area contributed by atoms with Gasteiger partial charge in [-0.15, -0.1) is 11.3 Å². The van der Waals surface area contributed by atoms with Crippen molar-refractivity contribution in [2.45, 2.75) is 6.54 Å². The first kappa shape index (κ1) is 18.6. The second-order valence-electron chi connectivity index (χ2n) is 5.65. The van der Waals surface area contributed by atoms with E-state index in [9.17, 15) is 9.59 Å². The Bertz CT molecular complexity index is 976. The van der Waals surface area contributed by atoms with E-state index in [-0.39, 0.29) is 11.5 Å². The van der Waals surface area contributed by atoms with Crippen LogP contribution in [0.2, 0.25) is 0 Å². The number of rotatable bonds is 7. The van der Waals surface area contributed by atoms with Crippen molar-refractivity contribution in [3.8, 4) is 17.0 Å². The van der Waals surface area contributed by atoms with E-state index in [1.807, 2.05) is 41.8 Å². The summed E-state index contributed by atoms with van der Waals surface area (Å²) in [7, 11) is 1.61. The zero-order valence-corrected chi connectivity index (χ0v) is 15.6. The molecule has 0 spiro atoms. The molecular weight excluding hydrogens is 362 g/mol. The Morgan fingerprint density at radius 3 is 2.74 bits per heavy atom. The molecule has 0 radical (unpaired) electrons. The molecule has 0 atom stereocenters. The molecule has 0 aliphatic heterocycles. The number of ether oxygens (including phenoxy) is 1. The van der Waals surface area contributed by atoms with Crippen LogP contribution in [-0.2, 0) is 11.3 Å². The highest BCUT2D eigenvalue weighted by Crippen LogP contribution is 2.19. The van der Waals surface area contributed by atoms with Gasteiger partial charge in [0.2, 0.25) is 5.91 Å².